The summed E-state index contributed by atoms with van der Waals surface area (Å²) in [6.45, 7) is 2.45. The van der Waals surface area contributed by atoms with Crippen LogP contribution in [-0.4, -0.2) is 51.2 Å². The van der Waals surface area contributed by atoms with Crippen molar-refractivity contribution >= 4 is 22.8 Å². The molecule has 206 valence electrons. The lowest BCUT2D eigenvalue weighted by Crippen LogP contribution is -2.44. The van der Waals surface area contributed by atoms with E-state index in [4.69, 9.17) is 34.8 Å². The lowest BCUT2D eigenvalue weighted by atomic mass is 9.86. The number of halogens is 3. The first-order valence-corrected chi connectivity index (χ1v) is 11.8. The number of carboxylic acid groups (broad SMARTS) is 1. The summed E-state index contributed by atoms with van der Waals surface area (Å²) in [7, 11) is 0. The molecule has 39 heavy (non-hydrogen) atoms. The van der Waals surface area contributed by atoms with Gasteiger partial charge in [-0.3, -0.25) is 4.79 Å². The van der Waals surface area contributed by atoms with E-state index in [2.05, 4.69) is 0 Å². The monoisotopic (exact) mass is 549 g/mol. The van der Waals surface area contributed by atoms with E-state index in [1.807, 2.05) is 12.1 Å². The molecule has 3 aromatic rings. The smallest absolute Gasteiger partial charge is 0.475 e. The van der Waals surface area contributed by atoms with Gasteiger partial charge in [0.25, 0.3) is 5.56 Å². The van der Waals surface area contributed by atoms with E-state index >= 15 is 0 Å². The summed E-state index contributed by atoms with van der Waals surface area (Å²) in [6.07, 6.45) is -4.38. The molecule has 0 amide bonds. The van der Waals surface area contributed by atoms with Crippen LogP contribution >= 0.6 is 0 Å². The molecule has 11 nitrogen and oxygen atoms in total. The van der Waals surface area contributed by atoms with Crippen LogP contribution in [0.15, 0.2) is 23.0 Å². The maximum Gasteiger partial charge on any atom is 0.490 e. The summed E-state index contributed by atoms with van der Waals surface area (Å²) in [5, 5.41) is 19.1. The highest BCUT2D eigenvalue weighted by Crippen LogP contribution is 2.43. The zero-order chi connectivity index (χ0) is 28.3. The first kappa shape index (κ1) is 26.4. The number of hydrogen-bond donors (Lipinski definition) is 3. The van der Waals surface area contributed by atoms with Gasteiger partial charge >= 0.3 is 18.1 Å². The summed E-state index contributed by atoms with van der Waals surface area (Å²) in [5.41, 5.74) is 8.24. The average Bonchev–Trinajstić information content (AvgIpc) is 3.49. The fraction of sp³-hybridized carbons (Fsp3) is 0.360. The number of carboxylic acids is 1. The SMILES string of the molecule is CCC1(O)C(=O)OCc2c1cc1n(c2=O)Cc2c-1nc1cc3c(cc1c2CCN)OCO3.O=C(O)C(F)(F)F. The molecule has 3 aliphatic rings. The number of nitrogens with two attached hydrogens (primary N) is 1. The molecular formula is C25H22F3N3O8. The van der Waals surface area contributed by atoms with Crippen LogP contribution in [0.3, 0.4) is 0 Å². The maximum atomic E-state index is 13.4. The molecule has 2 aromatic heterocycles. The second kappa shape index (κ2) is 9.24. The lowest BCUT2D eigenvalue weighted by molar-refractivity contribution is -0.192. The molecule has 0 saturated heterocycles. The van der Waals surface area contributed by atoms with Gasteiger partial charge < -0.3 is 34.7 Å². The quantitative estimate of drug-likeness (QED) is 0.322. The van der Waals surface area contributed by atoms with Gasteiger partial charge in [-0.15, -0.1) is 0 Å². The topological polar surface area (TPSA) is 163 Å². The Bertz CT molecular complexity index is 1600. The van der Waals surface area contributed by atoms with Crippen LogP contribution in [0.2, 0.25) is 0 Å². The molecule has 0 saturated carbocycles. The minimum Gasteiger partial charge on any atom is -0.475 e. The molecule has 1 atom stereocenters. The minimum atomic E-state index is -5.08. The Labute approximate surface area is 217 Å². The van der Waals surface area contributed by atoms with Gasteiger partial charge in [-0.2, -0.15) is 13.2 Å². The van der Waals surface area contributed by atoms with Gasteiger partial charge in [0.2, 0.25) is 6.79 Å². The fourth-order valence-electron chi connectivity index (χ4n) is 4.98. The molecule has 5 heterocycles. The molecule has 0 spiro atoms. The summed E-state index contributed by atoms with van der Waals surface area (Å²) in [5.74, 6) is -2.22. The van der Waals surface area contributed by atoms with Crippen molar-refractivity contribution < 1.29 is 47.2 Å². The minimum absolute atomic E-state index is 0.0988. The van der Waals surface area contributed by atoms with Crippen LogP contribution in [0.5, 0.6) is 11.5 Å². The number of esters is 1. The number of aliphatic hydroxyl groups is 1. The first-order chi connectivity index (χ1) is 18.4. The van der Waals surface area contributed by atoms with Crippen molar-refractivity contribution in [1.82, 2.24) is 9.55 Å². The van der Waals surface area contributed by atoms with Gasteiger partial charge in [-0.1, -0.05) is 6.92 Å². The predicted octanol–water partition coefficient (Wildman–Crippen LogP) is 1.94. The predicted molar refractivity (Wildman–Crippen MR) is 127 cm³/mol. The van der Waals surface area contributed by atoms with Crippen LogP contribution < -0.4 is 20.8 Å². The number of hydrogen-bond acceptors (Lipinski definition) is 9. The van der Waals surface area contributed by atoms with Crippen molar-refractivity contribution in [3.63, 3.8) is 0 Å². The zero-order valence-electron chi connectivity index (χ0n) is 20.4. The number of alkyl halides is 3. The number of cyclic esters (lactones) is 1. The van der Waals surface area contributed by atoms with Crippen LogP contribution in [0.25, 0.3) is 22.3 Å². The molecule has 0 radical (unpaired) electrons. The van der Waals surface area contributed by atoms with Crippen molar-refractivity contribution in [3.8, 4) is 22.9 Å². The standard InChI is InChI=1S/C23H21N3O6.C2HF3O2/c1-2-23(29)15-6-17-20-13(8-26(17)21(27)14(15)9-30-22(23)28)11(3-4-24)12-5-18-19(32-10-31-18)7-16(12)25-20;3-2(4,5)1(6)7/h5-7,29H,2-4,8-10,24H2,1H3;(H,6,7). The molecule has 0 bridgehead atoms. The Balaban J connectivity index is 0.000000392. The maximum absolute atomic E-state index is 13.4. The molecule has 6 rings (SSSR count). The van der Waals surface area contributed by atoms with E-state index in [1.54, 1.807) is 17.6 Å². The largest absolute Gasteiger partial charge is 0.490 e. The van der Waals surface area contributed by atoms with Crippen LogP contribution in [0.1, 0.15) is 35.6 Å². The number of rotatable bonds is 3. The summed E-state index contributed by atoms with van der Waals surface area (Å²) < 4.78 is 49.6. The van der Waals surface area contributed by atoms with Crippen molar-refractivity contribution in [1.29, 1.82) is 0 Å². The molecule has 0 fully saturated rings. The third kappa shape index (κ3) is 4.15. The Morgan fingerprint density at radius 1 is 1.15 bits per heavy atom. The molecule has 4 N–H and O–H groups in total. The highest BCUT2D eigenvalue weighted by atomic mass is 19.4. The summed E-state index contributed by atoms with van der Waals surface area (Å²) in [4.78, 5) is 39.5. The number of aromatic nitrogens is 2. The highest BCUT2D eigenvalue weighted by Gasteiger charge is 2.45. The zero-order valence-corrected chi connectivity index (χ0v) is 20.4. The molecule has 1 aromatic carbocycles. The van der Waals surface area contributed by atoms with Crippen molar-refractivity contribution in [2.75, 3.05) is 13.3 Å². The van der Waals surface area contributed by atoms with E-state index in [0.717, 1.165) is 16.5 Å². The third-order valence-electron chi connectivity index (χ3n) is 6.94. The van der Waals surface area contributed by atoms with Gasteiger partial charge in [0.15, 0.2) is 17.1 Å². The Morgan fingerprint density at radius 2 is 1.82 bits per heavy atom. The lowest BCUT2D eigenvalue weighted by Gasteiger charge is -2.31. The normalized spacial score (nSPS) is 18.6. The number of carbonyl (C=O) groups excluding carboxylic acids is 1. The van der Waals surface area contributed by atoms with E-state index in [9.17, 15) is 27.9 Å². The van der Waals surface area contributed by atoms with Gasteiger partial charge in [0.1, 0.15) is 6.61 Å². The number of fused-ring (bicyclic) bond motifs is 6. The Morgan fingerprint density at radius 3 is 2.44 bits per heavy atom. The molecule has 1 unspecified atom stereocenters. The third-order valence-corrected chi connectivity index (χ3v) is 6.94. The van der Waals surface area contributed by atoms with Crippen molar-refractivity contribution in [2.24, 2.45) is 5.73 Å². The van der Waals surface area contributed by atoms with Gasteiger partial charge in [-0.05, 0) is 37.1 Å². The fourth-order valence-corrected chi connectivity index (χ4v) is 4.98. The first-order valence-electron chi connectivity index (χ1n) is 11.8. The van der Waals surface area contributed by atoms with E-state index in [0.29, 0.717) is 59.0 Å². The number of pyridine rings is 2. The second-order valence-corrected chi connectivity index (χ2v) is 9.08. The number of ether oxygens (including phenoxy) is 3. The number of carbonyl (C=O) groups is 2. The Kier molecular flexibility index (Phi) is 6.26. The average molecular weight is 549 g/mol. The number of benzene rings is 1. The van der Waals surface area contributed by atoms with E-state index in [1.165, 1.54) is 0 Å². The van der Waals surface area contributed by atoms with Crippen LogP contribution in [0.4, 0.5) is 13.2 Å². The van der Waals surface area contributed by atoms with E-state index < -0.39 is 23.7 Å². The Hall–Kier alpha value is -4.17. The molecular weight excluding hydrogens is 527 g/mol. The molecule has 3 aliphatic heterocycles. The van der Waals surface area contributed by atoms with Crippen LogP contribution in [-0.2, 0) is 39.5 Å². The highest BCUT2D eigenvalue weighted by molar-refractivity contribution is 5.91. The van der Waals surface area contributed by atoms with Crippen molar-refractivity contribution in [3.05, 3.63) is 50.8 Å². The van der Waals surface area contributed by atoms with E-state index in [-0.39, 0.29) is 25.4 Å². The van der Waals surface area contributed by atoms with Crippen LogP contribution in [0, 0.1) is 0 Å². The molecule has 0 aliphatic carbocycles. The number of aliphatic carboxylic acids is 1. The van der Waals surface area contributed by atoms with Gasteiger partial charge in [-0.25, -0.2) is 14.6 Å². The summed E-state index contributed by atoms with van der Waals surface area (Å²) >= 11 is 0. The summed E-state index contributed by atoms with van der Waals surface area (Å²) in [6, 6.07) is 5.45. The van der Waals surface area contributed by atoms with Gasteiger partial charge in [0, 0.05) is 22.6 Å². The van der Waals surface area contributed by atoms with Crippen molar-refractivity contribution in [2.45, 2.75) is 44.7 Å². The molecule has 14 heteroatoms. The van der Waals surface area contributed by atoms with Gasteiger partial charge in [0.05, 0.1) is 29.0 Å². The second-order valence-electron chi connectivity index (χ2n) is 9.08. The number of nitrogens with zero attached hydrogens (tertiary/aromatic N) is 2.